The SMILES string of the molecule is Cc1nn(-c2ccc(NCCNC(=O)c3ccc4c(c3)OCO4)nn2)c(C)c1C. The van der Waals surface area contributed by atoms with Crippen LogP contribution in [0.25, 0.3) is 5.82 Å². The summed E-state index contributed by atoms with van der Waals surface area (Å²) in [5.74, 6) is 2.36. The Hall–Kier alpha value is -3.62. The van der Waals surface area contributed by atoms with Gasteiger partial charge in [0, 0.05) is 24.3 Å². The molecule has 9 nitrogen and oxygen atoms in total. The normalized spacial score (nSPS) is 12.1. The van der Waals surface area contributed by atoms with Crippen LogP contribution >= 0.6 is 0 Å². The molecule has 2 aromatic heterocycles. The highest BCUT2D eigenvalue weighted by Gasteiger charge is 2.16. The summed E-state index contributed by atoms with van der Waals surface area (Å²) in [5, 5.41) is 18.9. The van der Waals surface area contributed by atoms with Crippen molar-refractivity contribution < 1.29 is 14.3 Å². The van der Waals surface area contributed by atoms with Gasteiger partial charge >= 0.3 is 0 Å². The van der Waals surface area contributed by atoms with E-state index in [1.807, 2.05) is 32.9 Å². The zero-order valence-corrected chi connectivity index (χ0v) is 16.5. The van der Waals surface area contributed by atoms with Crippen LogP contribution in [0.5, 0.6) is 11.5 Å². The van der Waals surface area contributed by atoms with Crippen LogP contribution < -0.4 is 20.1 Å². The molecule has 3 aromatic rings. The molecule has 0 fully saturated rings. The second-order valence-corrected chi connectivity index (χ2v) is 6.74. The number of anilines is 1. The average Bonchev–Trinajstić information content (AvgIpc) is 3.31. The maximum Gasteiger partial charge on any atom is 0.251 e. The first-order valence-corrected chi connectivity index (χ1v) is 9.31. The fraction of sp³-hybridized carbons (Fsp3) is 0.300. The molecule has 0 saturated heterocycles. The number of rotatable bonds is 6. The van der Waals surface area contributed by atoms with E-state index in [4.69, 9.17) is 9.47 Å². The monoisotopic (exact) mass is 394 g/mol. The van der Waals surface area contributed by atoms with E-state index in [-0.39, 0.29) is 12.7 Å². The minimum absolute atomic E-state index is 0.175. The van der Waals surface area contributed by atoms with Gasteiger partial charge in [-0.3, -0.25) is 4.79 Å². The van der Waals surface area contributed by atoms with Crippen LogP contribution in [0.4, 0.5) is 5.82 Å². The highest BCUT2D eigenvalue weighted by Crippen LogP contribution is 2.32. The quantitative estimate of drug-likeness (QED) is 0.618. The van der Waals surface area contributed by atoms with E-state index in [2.05, 4.69) is 25.9 Å². The molecular weight excluding hydrogens is 372 g/mol. The molecule has 0 atom stereocenters. The summed E-state index contributed by atoms with van der Waals surface area (Å²) in [4.78, 5) is 12.2. The minimum Gasteiger partial charge on any atom is -0.454 e. The predicted octanol–water partition coefficient (Wildman–Crippen LogP) is 2.16. The molecule has 0 unspecified atom stereocenters. The Morgan fingerprint density at radius 2 is 1.90 bits per heavy atom. The highest BCUT2D eigenvalue weighted by atomic mass is 16.7. The smallest absolute Gasteiger partial charge is 0.251 e. The Morgan fingerprint density at radius 3 is 2.62 bits per heavy atom. The van der Waals surface area contributed by atoms with Crippen molar-refractivity contribution in [3.8, 4) is 17.3 Å². The summed E-state index contributed by atoms with van der Waals surface area (Å²) < 4.78 is 12.3. The third kappa shape index (κ3) is 3.84. The Labute approximate surface area is 168 Å². The first kappa shape index (κ1) is 18.7. The Balaban J connectivity index is 1.28. The van der Waals surface area contributed by atoms with Gasteiger partial charge in [0.15, 0.2) is 17.3 Å². The van der Waals surface area contributed by atoms with E-state index in [9.17, 15) is 4.79 Å². The largest absolute Gasteiger partial charge is 0.454 e. The fourth-order valence-electron chi connectivity index (χ4n) is 2.98. The van der Waals surface area contributed by atoms with Gasteiger partial charge in [-0.1, -0.05) is 0 Å². The van der Waals surface area contributed by atoms with Crippen molar-refractivity contribution in [1.29, 1.82) is 0 Å². The second-order valence-electron chi connectivity index (χ2n) is 6.74. The summed E-state index contributed by atoms with van der Waals surface area (Å²) >= 11 is 0. The molecule has 0 aliphatic carbocycles. The number of nitrogens with zero attached hydrogens (tertiary/aromatic N) is 4. The van der Waals surface area contributed by atoms with Gasteiger partial charge in [-0.05, 0) is 56.7 Å². The van der Waals surface area contributed by atoms with E-state index in [0.717, 1.165) is 17.0 Å². The third-order valence-corrected chi connectivity index (χ3v) is 4.87. The third-order valence-electron chi connectivity index (χ3n) is 4.87. The summed E-state index contributed by atoms with van der Waals surface area (Å²) in [6.07, 6.45) is 0. The molecule has 9 heteroatoms. The van der Waals surface area contributed by atoms with E-state index in [1.165, 1.54) is 0 Å². The number of hydrogen-bond donors (Lipinski definition) is 2. The topological polar surface area (TPSA) is 103 Å². The molecular formula is C20H22N6O3. The summed E-state index contributed by atoms with van der Waals surface area (Å²) in [7, 11) is 0. The second kappa shape index (κ2) is 7.78. The number of aryl methyl sites for hydroxylation is 1. The maximum atomic E-state index is 12.2. The van der Waals surface area contributed by atoms with E-state index in [0.29, 0.717) is 41.8 Å². The van der Waals surface area contributed by atoms with Gasteiger partial charge in [0.2, 0.25) is 6.79 Å². The van der Waals surface area contributed by atoms with Gasteiger partial charge in [0.25, 0.3) is 5.91 Å². The van der Waals surface area contributed by atoms with E-state index >= 15 is 0 Å². The summed E-state index contributed by atoms with van der Waals surface area (Å²) in [6.45, 7) is 7.15. The first-order chi connectivity index (χ1) is 14.0. The molecule has 0 spiro atoms. The van der Waals surface area contributed by atoms with E-state index < -0.39 is 0 Å². The van der Waals surface area contributed by atoms with Crippen molar-refractivity contribution in [1.82, 2.24) is 25.3 Å². The van der Waals surface area contributed by atoms with Gasteiger partial charge in [-0.2, -0.15) is 5.10 Å². The van der Waals surface area contributed by atoms with Crippen LogP contribution in [0.2, 0.25) is 0 Å². The zero-order valence-electron chi connectivity index (χ0n) is 16.5. The van der Waals surface area contributed by atoms with Gasteiger partial charge in [0.1, 0.15) is 5.82 Å². The van der Waals surface area contributed by atoms with Crippen molar-refractivity contribution >= 4 is 11.7 Å². The summed E-state index contributed by atoms with van der Waals surface area (Å²) in [6, 6.07) is 8.82. The van der Waals surface area contributed by atoms with Crippen molar-refractivity contribution in [3.63, 3.8) is 0 Å². The molecule has 150 valence electrons. The van der Waals surface area contributed by atoms with Crippen molar-refractivity contribution in [2.24, 2.45) is 0 Å². The number of fused-ring (bicyclic) bond motifs is 1. The molecule has 2 N–H and O–H groups in total. The molecule has 0 bridgehead atoms. The zero-order chi connectivity index (χ0) is 20.4. The van der Waals surface area contributed by atoms with Crippen molar-refractivity contribution in [2.45, 2.75) is 20.8 Å². The molecule has 29 heavy (non-hydrogen) atoms. The molecule has 0 saturated carbocycles. The summed E-state index contributed by atoms with van der Waals surface area (Å²) in [5.41, 5.74) is 3.69. The maximum absolute atomic E-state index is 12.2. The first-order valence-electron chi connectivity index (χ1n) is 9.31. The minimum atomic E-state index is -0.175. The molecule has 1 amide bonds. The number of ether oxygens (including phenoxy) is 2. The number of carbonyl (C=O) groups excluding carboxylic acids is 1. The van der Waals surface area contributed by atoms with Gasteiger partial charge in [-0.25, -0.2) is 4.68 Å². The number of amides is 1. The van der Waals surface area contributed by atoms with Crippen LogP contribution in [-0.2, 0) is 0 Å². The van der Waals surface area contributed by atoms with Crippen LogP contribution in [0.1, 0.15) is 27.3 Å². The van der Waals surface area contributed by atoms with Gasteiger partial charge in [-0.15, -0.1) is 10.2 Å². The van der Waals surface area contributed by atoms with Gasteiger partial charge < -0.3 is 20.1 Å². The van der Waals surface area contributed by atoms with E-state index in [1.54, 1.807) is 22.9 Å². The lowest BCUT2D eigenvalue weighted by atomic mass is 10.2. The van der Waals surface area contributed by atoms with Crippen LogP contribution in [-0.4, -0.2) is 45.8 Å². The van der Waals surface area contributed by atoms with Crippen LogP contribution in [0.3, 0.4) is 0 Å². The van der Waals surface area contributed by atoms with Gasteiger partial charge in [0.05, 0.1) is 5.69 Å². The predicted molar refractivity (Wildman–Crippen MR) is 107 cm³/mol. The molecule has 1 aliphatic heterocycles. The highest BCUT2D eigenvalue weighted by molar-refractivity contribution is 5.94. The van der Waals surface area contributed by atoms with Crippen LogP contribution in [0.15, 0.2) is 30.3 Å². The standard InChI is InChI=1S/C20H22N6O3/c1-12-13(2)25-26(14(12)3)19-7-6-18(23-24-19)21-8-9-22-20(27)15-4-5-16-17(10-15)29-11-28-16/h4-7,10H,8-9,11H2,1-3H3,(H,21,23)(H,22,27). The lowest BCUT2D eigenvalue weighted by Crippen LogP contribution is -2.28. The van der Waals surface area contributed by atoms with Crippen molar-refractivity contribution in [2.75, 3.05) is 25.2 Å². The van der Waals surface area contributed by atoms with Crippen molar-refractivity contribution in [3.05, 3.63) is 52.8 Å². The molecule has 0 radical (unpaired) electrons. The average molecular weight is 394 g/mol. The number of carbonyl (C=O) groups is 1. The Kier molecular flexibility index (Phi) is 5.03. The molecule has 1 aliphatic rings. The molecule has 1 aromatic carbocycles. The Morgan fingerprint density at radius 1 is 1.07 bits per heavy atom. The lowest BCUT2D eigenvalue weighted by Gasteiger charge is -2.08. The Bertz CT molecular complexity index is 1050. The molecule has 3 heterocycles. The number of aromatic nitrogens is 4. The lowest BCUT2D eigenvalue weighted by molar-refractivity contribution is 0.0954. The fourth-order valence-corrected chi connectivity index (χ4v) is 2.98. The van der Waals surface area contributed by atoms with Crippen LogP contribution in [0, 0.1) is 20.8 Å². The number of hydrogen-bond acceptors (Lipinski definition) is 7. The number of benzene rings is 1. The molecule has 4 rings (SSSR count). The number of nitrogens with one attached hydrogen (secondary N) is 2.